The van der Waals surface area contributed by atoms with Crippen LogP contribution in [-0.2, 0) is 6.42 Å². The Morgan fingerprint density at radius 3 is 2.39 bits per heavy atom. The highest BCUT2D eigenvalue weighted by atomic mass is 32.1. The average Bonchev–Trinajstić information content (AvgIpc) is 3.35. The molecule has 3 heterocycles. The zero-order valence-electron chi connectivity index (χ0n) is 17.3. The summed E-state index contributed by atoms with van der Waals surface area (Å²) in [6.45, 7) is 5.39. The lowest BCUT2D eigenvalue weighted by Crippen LogP contribution is -2.47. The van der Waals surface area contributed by atoms with Crippen molar-refractivity contribution in [2.24, 2.45) is 0 Å². The fourth-order valence-corrected chi connectivity index (χ4v) is 5.30. The molecule has 2 aromatic heterocycles. The molecule has 8 heteroatoms. The van der Waals surface area contributed by atoms with E-state index < -0.39 is 0 Å². The number of para-hydroxylation sites is 1. The van der Waals surface area contributed by atoms with Crippen LogP contribution in [0.2, 0.25) is 0 Å². The maximum atomic E-state index is 13.6. The summed E-state index contributed by atoms with van der Waals surface area (Å²) in [4.78, 5) is 10.7. The van der Waals surface area contributed by atoms with Gasteiger partial charge in [-0.2, -0.15) is 4.52 Å². The number of hydrogen-bond acceptors (Lipinski definition) is 6. The van der Waals surface area contributed by atoms with Gasteiger partial charge in [0.25, 0.3) is 0 Å². The lowest BCUT2D eigenvalue weighted by molar-refractivity contribution is 0.211. The summed E-state index contributed by atoms with van der Waals surface area (Å²) < 4.78 is 15.1. The van der Waals surface area contributed by atoms with Crippen LogP contribution < -0.4 is 4.90 Å². The third-order valence-corrected chi connectivity index (χ3v) is 6.87. The first kappa shape index (κ1) is 20.0. The predicted octanol–water partition coefficient (Wildman–Crippen LogP) is 4.11. The van der Waals surface area contributed by atoms with Crippen LogP contribution in [0.1, 0.15) is 29.2 Å². The molecule has 4 aromatic rings. The smallest absolute Gasteiger partial charge is 0.230 e. The molecule has 1 fully saturated rings. The van der Waals surface area contributed by atoms with Crippen molar-refractivity contribution in [2.45, 2.75) is 19.4 Å². The van der Waals surface area contributed by atoms with Crippen LogP contribution in [-0.4, -0.2) is 50.8 Å². The first-order chi connectivity index (χ1) is 15.1. The van der Waals surface area contributed by atoms with Crippen LogP contribution in [0, 0.1) is 5.82 Å². The highest BCUT2D eigenvalue weighted by Crippen LogP contribution is 2.40. The van der Waals surface area contributed by atoms with E-state index in [-0.39, 0.29) is 17.7 Å². The largest absolute Gasteiger partial charge is 0.492 e. The Bertz CT molecular complexity index is 1170. The molecular formula is C23H24FN5OS. The maximum Gasteiger partial charge on any atom is 0.230 e. The Balaban J connectivity index is 1.48. The third-order valence-electron chi connectivity index (χ3n) is 5.79. The van der Waals surface area contributed by atoms with Crippen molar-refractivity contribution < 1.29 is 9.50 Å². The molecular weight excluding hydrogens is 413 g/mol. The number of aryl methyl sites for hydroxylation is 1. The number of piperazine rings is 1. The van der Waals surface area contributed by atoms with E-state index in [0.717, 1.165) is 36.6 Å². The van der Waals surface area contributed by atoms with E-state index in [1.165, 1.54) is 33.7 Å². The average molecular weight is 438 g/mol. The lowest BCUT2D eigenvalue weighted by Gasteiger charge is -2.40. The molecule has 0 aliphatic carbocycles. The Labute approximate surface area is 184 Å². The second kappa shape index (κ2) is 8.28. The first-order valence-electron chi connectivity index (χ1n) is 10.5. The van der Waals surface area contributed by atoms with Crippen LogP contribution in [0.3, 0.4) is 0 Å². The number of nitrogens with zero attached hydrogens (tertiary/aromatic N) is 5. The standard InChI is InChI=1S/C23H24FN5OS/c1-2-19-25-23-29(26-19)22(30)21(31-23)20(16-8-10-17(24)11-9-16)28-14-12-27(13-15-28)18-6-4-3-5-7-18/h3-11,20,30H,2,12-15H2,1H3/t20-/m1/s1. The minimum absolute atomic E-state index is 0.118. The fourth-order valence-electron chi connectivity index (χ4n) is 4.17. The maximum absolute atomic E-state index is 13.6. The van der Waals surface area contributed by atoms with Crippen LogP contribution in [0.25, 0.3) is 4.96 Å². The molecule has 1 saturated heterocycles. The molecule has 0 unspecified atom stereocenters. The molecule has 1 aliphatic heterocycles. The van der Waals surface area contributed by atoms with Gasteiger partial charge in [0.1, 0.15) is 5.82 Å². The van der Waals surface area contributed by atoms with Crippen molar-refractivity contribution in [3.63, 3.8) is 0 Å². The summed E-state index contributed by atoms with van der Waals surface area (Å²) in [5.41, 5.74) is 2.17. The number of benzene rings is 2. The predicted molar refractivity (Wildman–Crippen MR) is 120 cm³/mol. The quantitative estimate of drug-likeness (QED) is 0.509. The first-order valence-corrected chi connectivity index (χ1v) is 11.3. The molecule has 31 heavy (non-hydrogen) atoms. The summed E-state index contributed by atoms with van der Waals surface area (Å²) in [6.07, 6.45) is 0.714. The van der Waals surface area contributed by atoms with Crippen molar-refractivity contribution >= 4 is 22.0 Å². The lowest BCUT2D eigenvalue weighted by atomic mass is 10.0. The highest BCUT2D eigenvalue weighted by molar-refractivity contribution is 7.17. The number of halogens is 1. The van der Waals surface area contributed by atoms with Crippen molar-refractivity contribution in [2.75, 3.05) is 31.1 Å². The van der Waals surface area contributed by atoms with Gasteiger partial charge in [0.2, 0.25) is 10.8 Å². The zero-order chi connectivity index (χ0) is 21.4. The normalized spacial score (nSPS) is 16.1. The monoisotopic (exact) mass is 437 g/mol. The van der Waals surface area contributed by atoms with Gasteiger partial charge in [0.05, 0.1) is 10.9 Å². The van der Waals surface area contributed by atoms with E-state index in [9.17, 15) is 9.50 Å². The molecule has 2 aromatic carbocycles. The number of aromatic hydroxyl groups is 1. The number of anilines is 1. The number of hydrogen-bond donors (Lipinski definition) is 1. The fraction of sp³-hybridized carbons (Fsp3) is 0.304. The zero-order valence-corrected chi connectivity index (χ0v) is 18.1. The van der Waals surface area contributed by atoms with Gasteiger partial charge in [-0.15, -0.1) is 5.10 Å². The molecule has 0 amide bonds. The third kappa shape index (κ3) is 3.77. The second-order valence-corrected chi connectivity index (χ2v) is 8.69. The molecule has 0 spiro atoms. The van der Waals surface area contributed by atoms with E-state index in [4.69, 9.17) is 0 Å². The van der Waals surface area contributed by atoms with Crippen LogP contribution in [0.5, 0.6) is 5.88 Å². The summed E-state index contributed by atoms with van der Waals surface area (Å²) in [5, 5.41) is 15.4. The molecule has 0 bridgehead atoms. The van der Waals surface area contributed by atoms with Gasteiger partial charge in [-0.05, 0) is 29.8 Å². The summed E-state index contributed by atoms with van der Waals surface area (Å²) in [5.74, 6) is 0.561. The van der Waals surface area contributed by atoms with Gasteiger partial charge in [0.15, 0.2) is 5.82 Å². The summed E-state index contributed by atoms with van der Waals surface area (Å²) in [7, 11) is 0. The van der Waals surface area contributed by atoms with E-state index >= 15 is 0 Å². The van der Waals surface area contributed by atoms with Gasteiger partial charge in [-0.25, -0.2) is 9.37 Å². The molecule has 0 radical (unpaired) electrons. The number of fused-ring (bicyclic) bond motifs is 1. The van der Waals surface area contributed by atoms with E-state index in [2.05, 4.69) is 44.1 Å². The number of aromatic nitrogens is 3. The van der Waals surface area contributed by atoms with Gasteiger partial charge >= 0.3 is 0 Å². The SMILES string of the molecule is CCc1nc2sc([C@@H](c3ccc(F)cc3)N3CCN(c4ccccc4)CC3)c(O)n2n1. The molecule has 1 N–H and O–H groups in total. The topological polar surface area (TPSA) is 56.9 Å². The van der Waals surface area contributed by atoms with Gasteiger partial charge in [0, 0.05) is 38.3 Å². The van der Waals surface area contributed by atoms with Crippen LogP contribution in [0.4, 0.5) is 10.1 Å². The van der Waals surface area contributed by atoms with Crippen molar-refractivity contribution in [1.82, 2.24) is 19.5 Å². The van der Waals surface area contributed by atoms with E-state index in [1.54, 1.807) is 12.1 Å². The molecule has 1 atom stereocenters. The van der Waals surface area contributed by atoms with Crippen LogP contribution in [0.15, 0.2) is 54.6 Å². The molecule has 160 valence electrons. The van der Waals surface area contributed by atoms with Crippen molar-refractivity contribution in [3.05, 3.63) is 76.7 Å². The Morgan fingerprint density at radius 1 is 1.03 bits per heavy atom. The van der Waals surface area contributed by atoms with Gasteiger partial charge in [-0.3, -0.25) is 4.90 Å². The van der Waals surface area contributed by atoms with Gasteiger partial charge < -0.3 is 10.0 Å². The Morgan fingerprint density at radius 2 is 1.74 bits per heavy atom. The van der Waals surface area contributed by atoms with E-state index in [1.807, 2.05) is 13.0 Å². The number of thiazole rings is 1. The van der Waals surface area contributed by atoms with E-state index in [0.29, 0.717) is 17.2 Å². The van der Waals surface area contributed by atoms with Crippen molar-refractivity contribution in [3.8, 4) is 5.88 Å². The molecule has 5 rings (SSSR count). The molecule has 0 saturated carbocycles. The minimum atomic E-state index is -0.268. The van der Waals surface area contributed by atoms with Crippen LogP contribution >= 0.6 is 11.3 Å². The highest BCUT2D eigenvalue weighted by Gasteiger charge is 2.31. The Kier molecular flexibility index (Phi) is 5.33. The molecule has 1 aliphatic rings. The summed E-state index contributed by atoms with van der Waals surface area (Å²) in [6, 6.07) is 16.8. The van der Waals surface area contributed by atoms with Gasteiger partial charge in [-0.1, -0.05) is 48.6 Å². The number of rotatable bonds is 5. The Hall–Kier alpha value is -2.97. The molecule has 6 nitrogen and oxygen atoms in total. The minimum Gasteiger partial charge on any atom is -0.492 e. The second-order valence-electron chi connectivity index (χ2n) is 7.68. The summed E-state index contributed by atoms with van der Waals surface area (Å²) >= 11 is 1.45. The van der Waals surface area contributed by atoms with Crippen molar-refractivity contribution in [1.29, 1.82) is 0 Å².